The first-order valence-electron chi connectivity index (χ1n) is 8.73. The van der Waals surface area contributed by atoms with E-state index in [4.69, 9.17) is 4.74 Å². The summed E-state index contributed by atoms with van der Waals surface area (Å²) in [6.07, 6.45) is 3.34. The van der Waals surface area contributed by atoms with Crippen molar-refractivity contribution in [2.24, 2.45) is 0 Å². The molecule has 4 rings (SSSR count). The lowest BCUT2D eigenvalue weighted by Gasteiger charge is -2.37. The van der Waals surface area contributed by atoms with Gasteiger partial charge in [0.05, 0.1) is 11.4 Å². The van der Waals surface area contributed by atoms with Crippen molar-refractivity contribution < 1.29 is 13.2 Å². The Morgan fingerprint density at radius 2 is 1.76 bits per heavy atom. The molecule has 2 bridgehead atoms. The minimum atomic E-state index is -3.53. The van der Waals surface area contributed by atoms with Gasteiger partial charge in [0.1, 0.15) is 16.7 Å². The van der Waals surface area contributed by atoms with Crippen LogP contribution in [-0.4, -0.2) is 41.1 Å². The second-order valence-electron chi connectivity index (χ2n) is 7.01. The molecule has 1 N–H and O–H groups in total. The third kappa shape index (κ3) is 2.85. The van der Waals surface area contributed by atoms with E-state index >= 15 is 0 Å². The molecule has 2 fully saturated rings. The lowest BCUT2D eigenvalue weighted by molar-refractivity contribution is 0.0956. The molecule has 134 valence electrons. The number of ether oxygens (including phenoxy) is 1. The number of fused-ring (bicyclic) bond motifs is 2. The van der Waals surface area contributed by atoms with Gasteiger partial charge in [-0.25, -0.2) is 8.42 Å². The van der Waals surface area contributed by atoms with Crippen LogP contribution in [0.15, 0.2) is 35.2 Å². The smallest absolute Gasteiger partial charge is 0.247 e. The Balaban J connectivity index is 1.57. The van der Waals surface area contributed by atoms with Crippen LogP contribution in [0.4, 0.5) is 0 Å². The molecule has 0 saturated carbocycles. The number of hydrogen-bond donors (Lipinski definition) is 1. The fourth-order valence-electron chi connectivity index (χ4n) is 4.29. The Morgan fingerprint density at radius 1 is 1.12 bits per heavy atom. The molecule has 2 aromatic rings. The van der Waals surface area contributed by atoms with Crippen molar-refractivity contribution in [2.45, 2.75) is 62.6 Å². The second-order valence-corrected chi connectivity index (χ2v) is 8.79. The topological polar surface area (TPSA) is 75.3 Å². The van der Waals surface area contributed by atoms with Gasteiger partial charge in [-0.1, -0.05) is 18.2 Å². The molecule has 6 nitrogen and oxygen atoms in total. The quantitative estimate of drug-likeness (QED) is 0.909. The van der Waals surface area contributed by atoms with Crippen LogP contribution in [0.5, 0.6) is 5.75 Å². The van der Waals surface area contributed by atoms with Gasteiger partial charge in [-0.15, -0.1) is 0 Å². The number of hydrogen-bond acceptors (Lipinski definition) is 4. The number of sulfonamides is 1. The number of para-hydroxylation sites is 1. The molecule has 0 aliphatic carbocycles. The fraction of sp³-hybridized carbons (Fsp3) is 0.500. The van der Waals surface area contributed by atoms with Crippen molar-refractivity contribution in [3.8, 4) is 5.75 Å². The number of piperidine rings is 1. The highest BCUT2D eigenvalue weighted by Gasteiger charge is 2.48. The Labute approximate surface area is 148 Å². The van der Waals surface area contributed by atoms with E-state index < -0.39 is 10.0 Å². The van der Waals surface area contributed by atoms with Gasteiger partial charge in [0, 0.05) is 24.9 Å². The number of nitrogens with one attached hydrogen (secondary N) is 1. The first-order chi connectivity index (χ1) is 12.0. The van der Waals surface area contributed by atoms with Crippen LogP contribution in [0.2, 0.25) is 0 Å². The first-order valence-corrected chi connectivity index (χ1v) is 10.2. The van der Waals surface area contributed by atoms with E-state index in [1.807, 2.05) is 30.3 Å². The Kier molecular flexibility index (Phi) is 4.08. The minimum absolute atomic E-state index is 0.00571. The molecular weight excluding hydrogens is 338 g/mol. The summed E-state index contributed by atoms with van der Waals surface area (Å²) in [4.78, 5) is 0.340. The molecule has 0 spiro atoms. The molecule has 1 aromatic carbocycles. The van der Waals surface area contributed by atoms with Crippen LogP contribution in [0, 0.1) is 13.8 Å². The second kappa shape index (κ2) is 6.14. The number of aromatic nitrogens is 2. The normalized spacial score (nSPS) is 26.7. The summed E-state index contributed by atoms with van der Waals surface area (Å²) in [5, 5.41) is 6.86. The summed E-state index contributed by atoms with van der Waals surface area (Å²) in [5.41, 5.74) is 1.15. The van der Waals surface area contributed by atoms with E-state index in [1.165, 1.54) is 0 Å². The van der Waals surface area contributed by atoms with Crippen molar-refractivity contribution in [1.29, 1.82) is 0 Å². The van der Waals surface area contributed by atoms with Gasteiger partial charge in [-0.05, 0) is 38.8 Å². The molecule has 2 atom stereocenters. The highest BCUT2D eigenvalue weighted by Crippen LogP contribution is 2.41. The van der Waals surface area contributed by atoms with Gasteiger partial charge in [0.2, 0.25) is 10.0 Å². The maximum absolute atomic E-state index is 13.2. The zero-order valence-corrected chi connectivity index (χ0v) is 15.3. The average molecular weight is 361 g/mol. The molecule has 2 saturated heterocycles. The number of benzene rings is 1. The third-order valence-electron chi connectivity index (χ3n) is 5.26. The molecular formula is C18H23N3O3S. The van der Waals surface area contributed by atoms with Crippen LogP contribution < -0.4 is 4.74 Å². The van der Waals surface area contributed by atoms with Crippen molar-refractivity contribution in [3.63, 3.8) is 0 Å². The molecule has 0 radical (unpaired) electrons. The lowest BCUT2D eigenvalue weighted by atomic mass is 10.0. The van der Waals surface area contributed by atoms with Gasteiger partial charge in [0.15, 0.2) is 0 Å². The fourth-order valence-corrected chi connectivity index (χ4v) is 6.52. The third-order valence-corrected chi connectivity index (χ3v) is 7.53. The summed E-state index contributed by atoms with van der Waals surface area (Å²) in [5.74, 6) is 0.852. The Hall–Kier alpha value is -1.86. The van der Waals surface area contributed by atoms with Crippen LogP contribution in [0.3, 0.4) is 0 Å². The predicted molar refractivity (Wildman–Crippen MR) is 94.0 cm³/mol. The summed E-state index contributed by atoms with van der Waals surface area (Å²) in [7, 11) is -3.53. The Bertz CT molecular complexity index is 829. The monoisotopic (exact) mass is 361 g/mol. The number of nitrogens with zero attached hydrogens (tertiary/aromatic N) is 2. The van der Waals surface area contributed by atoms with Crippen LogP contribution in [0.1, 0.15) is 37.1 Å². The summed E-state index contributed by atoms with van der Waals surface area (Å²) < 4.78 is 34.3. The molecule has 3 heterocycles. The highest BCUT2D eigenvalue weighted by molar-refractivity contribution is 7.89. The van der Waals surface area contributed by atoms with E-state index in [0.717, 1.165) is 31.4 Å². The molecule has 2 aliphatic heterocycles. The summed E-state index contributed by atoms with van der Waals surface area (Å²) in [6, 6.07) is 9.77. The number of rotatable bonds is 4. The highest BCUT2D eigenvalue weighted by atomic mass is 32.2. The first kappa shape index (κ1) is 16.6. The van der Waals surface area contributed by atoms with E-state index in [1.54, 1.807) is 18.2 Å². The molecule has 25 heavy (non-hydrogen) atoms. The predicted octanol–water partition coefficient (Wildman–Crippen LogP) is 2.79. The van der Waals surface area contributed by atoms with E-state index in [-0.39, 0.29) is 18.2 Å². The van der Waals surface area contributed by atoms with Crippen molar-refractivity contribution in [1.82, 2.24) is 14.5 Å². The van der Waals surface area contributed by atoms with Crippen LogP contribution >= 0.6 is 0 Å². The molecule has 1 aromatic heterocycles. The van der Waals surface area contributed by atoms with Crippen LogP contribution in [-0.2, 0) is 10.0 Å². The summed E-state index contributed by atoms with van der Waals surface area (Å²) >= 11 is 0. The SMILES string of the molecule is Cc1n[nH]c(C)c1S(=O)(=O)N1C2CCC1CC(Oc1ccccc1)C2. The van der Waals surface area contributed by atoms with Crippen molar-refractivity contribution >= 4 is 10.0 Å². The van der Waals surface area contributed by atoms with Crippen LogP contribution in [0.25, 0.3) is 0 Å². The standard InChI is InChI=1S/C18H23N3O3S/c1-12-18(13(2)20-19-12)25(22,23)21-14-8-9-15(21)11-17(10-14)24-16-6-4-3-5-7-16/h3-7,14-15,17H,8-11H2,1-2H3,(H,19,20). The molecule has 0 amide bonds. The van der Waals surface area contributed by atoms with E-state index in [0.29, 0.717) is 16.3 Å². The molecule has 2 aliphatic rings. The molecule has 7 heteroatoms. The average Bonchev–Trinajstić information content (AvgIpc) is 3.06. The maximum atomic E-state index is 13.2. The number of aryl methyl sites for hydroxylation is 2. The van der Waals surface area contributed by atoms with Crippen molar-refractivity contribution in [3.05, 3.63) is 41.7 Å². The largest absolute Gasteiger partial charge is 0.490 e. The maximum Gasteiger partial charge on any atom is 0.247 e. The van der Waals surface area contributed by atoms with E-state index in [2.05, 4.69) is 10.2 Å². The van der Waals surface area contributed by atoms with E-state index in [9.17, 15) is 8.42 Å². The van der Waals surface area contributed by atoms with Gasteiger partial charge in [-0.2, -0.15) is 9.40 Å². The minimum Gasteiger partial charge on any atom is -0.490 e. The summed E-state index contributed by atoms with van der Waals surface area (Å²) in [6.45, 7) is 3.50. The zero-order valence-electron chi connectivity index (χ0n) is 14.5. The number of H-pyrrole nitrogens is 1. The molecule has 2 unspecified atom stereocenters. The number of aromatic amines is 1. The van der Waals surface area contributed by atoms with Crippen molar-refractivity contribution in [2.75, 3.05) is 0 Å². The lowest BCUT2D eigenvalue weighted by Crippen LogP contribution is -2.49. The van der Waals surface area contributed by atoms with Gasteiger partial charge >= 0.3 is 0 Å². The zero-order chi connectivity index (χ0) is 17.6. The van der Waals surface area contributed by atoms with Gasteiger partial charge < -0.3 is 4.74 Å². The Morgan fingerprint density at radius 3 is 2.32 bits per heavy atom. The van der Waals surface area contributed by atoms with Gasteiger partial charge in [0.25, 0.3) is 0 Å². The van der Waals surface area contributed by atoms with Gasteiger partial charge in [-0.3, -0.25) is 5.10 Å².